The third-order valence-electron chi connectivity index (χ3n) is 4.69. The summed E-state index contributed by atoms with van der Waals surface area (Å²) in [5.74, 6) is -1.09. The summed E-state index contributed by atoms with van der Waals surface area (Å²) in [4.78, 5) is 24.8. The van der Waals surface area contributed by atoms with Crippen LogP contribution in [0.5, 0.6) is 17.2 Å². The van der Waals surface area contributed by atoms with E-state index >= 15 is 0 Å². The van der Waals surface area contributed by atoms with Gasteiger partial charge in [-0.25, -0.2) is 9.18 Å². The molecule has 4 rings (SSSR count). The van der Waals surface area contributed by atoms with Crippen LogP contribution in [0.15, 0.2) is 68.0 Å². The van der Waals surface area contributed by atoms with Crippen molar-refractivity contribution in [3.05, 3.63) is 86.2 Å². The van der Waals surface area contributed by atoms with E-state index in [4.69, 9.17) is 13.9 Å². The molecule has 3 aromatic carbocycles. The lowest BCUT2D eigenvalue weighted by atomic mass is 10.0. The molecule has 168 valence electrons. The first-order chi connectivity index (χ1) is 15.8. The van der Waals surface area contributed by atoms with Gasteiger partial charge in [-0.3, -0.25) is 4.79 Å². The van der Waals surface area contributed by atoms with Gasteiger partial charge in [-0.1, -0.05) is 0 Å². The van der Waals surface area contributed by atoms with Crippen LogP contribution < -0.4 is 4.74 Å². The summed E-state index contributed by atoms with van der Waals surface area (Å²) >= 11 is 6.90. The van der Waals surface area contributed by atoms with Crippen LogP contribution in [0.4, 0.5) is 4.39 Å². The molecule has 0 aliphatic rings. The maximum atomic E-state index is 13.2. The number of hydrogen-bond donors (Lipinski definition) is 1. The minimum absolute atomic E-state index is 0.000314. The number of rotatable bonds is 6. The van der Waals surface area contributed by atoms with E-state index < -0.39 is 17.6 Å². The predicted molar refractivity (Wildman–Crippen MR) is 126 cm³/mol. The topological polar surface area (TPSA) is 86.0 Å². The molecule has 0 saturated carbocycles. The number of furan rings is 1. The van der Waals surface area contributed by atoms with Gasteiger partial charge in [0, 0.05) is 17.0 Å². The summed E-state index contributed by atoms with van der Waals surface area (Å²) in [6.07, 6.45) is 0. The number of ketones is 1. The summed E-state index contributed by atoms with van der Waals surface area (Å²) in [5, 5.41) is 10.8. The lowest BCUT2D eigenvalue weighted by Crippen LogP contribution is -2.02. The van der Waals surface area contributed by atoms with Gasteiger partial charge in [0.25, 0.3) is 0 Å². The van der Waals surface area contributed by atoms with Gasteiger partial charge in [0.15, 0.2) is 11.5 Å². The van der Waals surface area contributed by atoms with E-state index in [-0.39, 0.29) is 35.0 Å². The molecular weight excluding hydrogens is 563 g/mol. The first kappa shape index (κ1) is 23.0. The Kier molecular flexibility index (Phi) is 6.53. The number of esters is 1. The monoisotopic (exact) mass is 576 g/mol. The Morgan fingerprint density at radius 2 is 1.79 bits per heavy atom. The maximum Gasteiger partial charge on any atom is 0.374 e. The van der Waals surface area contributed by atoms with Crippen LogP contribution in [0.3, 0.4) is 0 Å². The standard InChI is InChI=1S/C24H15Br2FO6/c1-2-31-24(30)20-10-16-19(33-20)11-17(25)23(21(16)26)32-14-7-8-18(28)15(9-14)22(29)12-3-5-13(27)6-4-12/h3-11,28H,2H2,1H3. The van der Waals surface area contributed by atoms with Crippen molar-refractivity contribution in [2.75, 3.05) is 6.61 Å². The second kappa shape index (κ2) is 9.36. The highest BCUT2D eigenvalue weighted by Gasteiger charge is 2.21. The number of ether oxygens (including phenoxy) is 2. The molecule has 1 aromatic heterocycles. The molecule has 0 unspecified atom stereocenters. The fraction of sp³-hybridized carbons (Fsp3) is 0.0833. The molecule has 4 aromatic rings. The highest BCUT2D eigenvalue weighted by Crippen LogP contribution is 2.43. The van der Waals surface area contributed by atoms with Crippen LogP contribution in [0.2, 0.25) is 0 Å². The molecule has 0 amide bonds. The average Bonchev–Trinajstić information content (AvgIpc) is 3.22. The third-order valence-corrected chi connectivity index (χ3v) is 6.06. The lowest BCUT2D eigenvalue weighted by molar-refractivity contribution is 0.0492. The summed E-state index contributed by atoms with van der Waals surface area (Å²) < 4.78 is 30.8. The summed E-state index contributed by atoms with van der Waals surface area (Å²) in [6.45, 7) is 1.92. The first-order valence-electron chi connectivity index (χ1n) is 9.68. The van der Waals surface area contributed by atoms with Crippen LogP contribution in [0.1, 0.15) is 33.4 Å². The summed E-state index contributed by atoms with van der Waals surface area (Å²) in [6, 6.07) is 12.4. The largest absolute Gasteiger partial charge is 0.507 e. The minimum atomic E-state index is -0.582. The lowest BCUT2D eigenvalue weighted by Gasteiger charge is -2.12. The van der Waals surface area contributed by atoms with Crippen molar-refractivity contribution in [3.8, 4) is 17.2 Å². The molecule has 0 fully saturated rings. The molecule has 33 heavy (non-hydrogen) atoms. The molecule has 9 heteroatoms. The van der Waals surface area contributed by atoms with Gasteiger partial charge < -0.3 is 19.0 Å². The fourth-order valence-electron chi connectivity index (χ4n) is 3.12. The molecule has 0 aliphatic heterocycles. The molecule has 0 radical (unpaired) electrons. The minimum Gasteiger partial charge on any atom is -0.507 e. The van der Waals surface area contributed by atoms with E-state index in [9.17, 15) is 19.1 Å². The first-order valence-corrected chi connectivity index (χ1v) is 11.3. The van der Waals surface area contributed by atoms with Gasteiger partial charge in [-0.2, -0.15) is 0 Å². The second-order valence-electron chi connectivity index (χ2n) is 6.86. The van der Waals surface area contributed by atoms with Gasteiger partial charge in [0.1, 0.15) is 22.9 Å². The van der Waals surface area contributed by atoms with Gasteiger partial charge in [0.2, 0.25) is 5.76 Å². The van der Waals surface area contributed by atoms with Gasteiger partial charge >= 0.3 is 5.97 Å². The van der Waals surface area contributed by atoms with Crippen molar-refractivity contribution in [3.63, 3.8) is 0 Å². The molecule has 0 saturated heterocycles. The predicted octanol–water partition coefficient (Wildman–Crippen LogP) is 7.00. The van der Waals surface area contributed by atoms with Crippen LogP contribution in [-0.4, -0.2) is 23.5 Å². The molecule has 0 bridgehead atoms. The molecule has 0 spiro atoms. The molecule has 6 nitrogen and oxygen atoms in total. The van der Waals surface area contributed by atoms with Crippen molar-refractivity contribution in [1.29, 1.82) is 0 Å². The van der Waals surface area contributed by atoms with Crippen LogP contribution in [0, 0.1) is 5.82 Å². The molecular formula is C24H15Br2FO6. The third kappa shape index (κ3) is 4.65. The fourth-order valence-corrected chi connectivity index (χ4v) is 4.48. The highest BCUT2D eigenvalue weighted by atomic mass is 79.9. The zero-order valence-corrected chi connectivity index (χ0v) is 20.2. The zero-order chi connectivity index (χ0) is 23.7. The molecule has 1 N–H and O–H groups in total. The van der Waals surface area contributed by atoms with Crippen molar-refractivity contribution in [1.82, 2.24) is 0 Å². The number of phenolic OH excluding ortho intramolecular Hbond substituents is 1. The van der Waals surface area contributed by atoms with Gasteiger partial charge in [-0.15, -0.1) is 0 Å². The van der Waals surface area contributed by atoms with Crippen molar-refractivity contribution in [2.45, 2.75) is 6.92 Å². The zero-order valence-electron chi connectivity index (χ0n) is 17.0. The van der Waals surface area contributed by atoms with Crippen molar-refractivity contribution >= 4 is 54.6 Å². The van der Waals surface area contributed by atoms with E-state index in [0.29, 0.717) is 25.7 Å². The molecule has 0 atom stereocenters. The number of halogens is 3. The number of carbonyl (C=O) groups is 2. The van der Waals surface area contributed by atoms with E-state index in [1.807, 2.05) is 0 Å². The van der Waals surface area contributed by atoms with E-state index in [0.717, 1.165) is 0 Å². The SMILES string of the molecule is CCOC(=O)c1cc2c(Br)c(Oc3ccc(O)c(C(=O)c4ccc(F)cc4)c3)c(Br)cc2o1. The number of carbonyl (C=O) groups excluding carboxylic acids is 2. The highest BCUT2D eigenvalue weighted by molar-refractivity contribution is 9.11. The Hall–Kier alpha value is -3.17. The van der Waals surface area contributed by atoms with Crippen molar-refractivity contribution < 1.29 is 33.0 Å². The Morgan fingerprint density at radius 1 is 1.06 bits per heavy atom. The summed E-state index contributed by atoms with van der Waals surface area (Å²) in [7, 11) is 0. The quantitative estimate of drug-likeness (QED) is 0.196. The van der Waals surface area contributed by atoms with E-state index in [1.54, 1.807) is 13.0 Å². The molecule has 0 aliphatic carbocycles. The summed E-state index contributed by atoms with van der Waals surface area (Å²) in [5.41, 5.74) is 0.653. The smallest absolute Gasteiger partial charge is 0.374 e. The second-order valence-corrected chi connectivity index (χ2v) is 8.51. The number of hydrogen-bond acceptors (Lipinski definition) is 6. The van der Waals surface area contributed by atoms with Crippen LogP contribution in [-0.2, 0) is 4.74 Å². The van der Waals surface area contributed by atoms with Gasteiger partial charge in [0.05, 0.1) is 21.1 Å². The number of phenols is 1. The van der Waals surface area contributed by atoms with Gasteiger partial charge in [-0.05, 0) is 87.3 Å². The number of benzene rings is 3. The van der Waals surface area contributed by atoms with E-state index in [1.165, 1.54) is 48.5 Å². The van der Waals surface area contributed by atoms with Crippen molar-refractivity contribution in [2.24, 2.45) is 0 Å². The maximum absolute atomic E-state index is 13.2. The Morgan fingerprint density at radius 3 is 2.48 bits per heavy atom. The number of fused-ring (bicyclic) bond motifs is 1. The molecule has 1 heterocycles. The Labute approximate surface area is 204 Å². The normalized spacial score (nSPS) is 10.9. The number of aromatic hydroxyl groups is 1. The Balaban J connectivity index is 1.69. The Bertz CT molecular complexity index is 1380. The van der Waals surface area contributed by atoms with E-state index in [2.05, 4.69) is 31.9 Å². The van der Waals surface area contributed by atoms with Crippen LogP contribution >= 0.6 is 31.9 Å². The average molecular weight is 578 g/mol. The van der Waals surface area contributed by atoms with Crippen LogP contribution in [0.25, 0.3) is 11.0 Å².